The van der Waals surface area contributed by atoms with Gasteiger partial charge in [0.25, 0.3) is 0 Å². The Bertz CT molecular complexity index is 626. The first-order chi connectivity index (χ1) is 10.2. The van der Waals surface area contributed by atoms with Crippen LogP contribution in [0.4, 0.5) is 0 Å². The van der Waals surface area contributed by atoms with E-state index in [2.05, 4.69) is 18.4 Å². The lowest BCUT2D eigenvalue weighted by Crippen LogP contribution is -2.32. The van der Waals surface area contributed by atoms with Crippen molar-refractivity contribution < 1.29 is 9.90 Å². The zero-order chi connectivity index (χ0) is 14.8. The third-order valence-electron chi connectivity index (χ3n) is 3.65. The molecule has 0 unspecified atom stereocenters. The Morgan fingerprint density at radius 2 is 2.10 bits per heavy atom. The summed E-state index contributed by atoms with van der Waals surface area (Å²) in [5.74, 6) is 0.594. The molecule has 3 rings (SSSR count). The molecule has 1 saturated heterocycles. The van der Waals surface area contributed by atoms with Crippen LogP contribution in [0.5, 0.6) is 0 Å². The molecule has 2 heterocycles. The molecule has 1 amide bonds. The van der Waals surface area contributed by atoms with Crippen LogP contribution in [0, 0.1) is 6.92 Å². The molecule has 21 heavy (non-hydrogen) atoms. The van der Waals surface area contributed by atoms with Crippen LogP contribution in [0.1, 0.15) is 27.5 Å². The van der Waals surface area contributed by atoms with Crippen LogP contribution in [0.3, 0.4) is 0 Å². The zero-order valence-corrected chi connectivity index (χ0v) is 13.4. The van der Waals surface area contributed by atoms with Gasteiger partial charge in [-0.3, -0.25) is 4.79 Å². The first-order valence-electron chi connectivity index (χ1n) is 6.85. The lowest BCUT2D eigenvalue weighted by atomic mass is 10.1. The van der Waals surface area contributed by atoms with Crippen molar-refractivity contribution in [3.8, 4) is 0 Å². The summed E-state index contributed by atoms with van der Waals surface area (Å²) in [5, 5.41) is 12.5. The fraction of sp³-hybridized carbons (Fsp3) is 0.312. The van der Waals surface area contributed by atoms with Crippen molar-refractivity contribution in [2.75, 3.05) is 12.3 Å². The third-order valence-corrected chi connectivity index (χ3v) is 6.09. The number of carbonyl (C=O) groups is 1. The minimum Gasteiger partial charge on any atom is -0.387 e. The number of carbonyl (C=O) groups excluding carboxylic acids is 1. The molecular formula is C16H17NO2S2. The quantitative estimate of drug-likeness (QED) is 0.939. The van der Waals surface area contributed by atoms with E-state index in [0.29, 0.717) is 12.3 Å². The molecule has 0 aliphatic carbocycles. The predicted molar refractivity (Wildman–Crippen MR) is 87.4 cm³/mol. The van der Waals surface area contributed by atoms with Crippen molar-refractivity contribution in [3.63, 3.8) is 0 Å². The Kier molecular flexibility index (Phi) is 4.33. The van der Waals surface area contributed by atoms with Crippen molar-refractivity contribution in [1.29, 1.82) is 0 Å². The molecular weight excluding hydrogens is 302 g/mol. The molecule has 1 aliphatic rings. The van der Waals surface area contributed by atoms with E-state index in [1.807, 2.05) is 30.3 Å². The predicted octanol–water partition coefficient (Wildman–Crippen LogP) is 3.36. The Morgan fingerprint density at radius 3 is 2.76 bits per heavy atom. The van der Waals surface area contributed by atoms with E-state index in [9.17, 15) is 9.90 Å². The van der Waals surface area contributed by atoms with Crippen LogP contribution in [0.25, 0.3) is 0 Å². The third kappa shape index (κ3) is 3.00. The molecule has 0 bridgehead atoms. The van der Waals surface area contributed by atoms with Crippen molar-refractivity contribution in [2.45, 2.75) is 18.4 Å². The van der Waals surface area contributed by atoms with Crippen molar-refractivity contribution in [1.82, 2.24) is 4.90 Å². The summed E-state index contributed by atoms with van der Waals surface area (Å²) < 4.78 is 0. The van der Waals surface area contributed by atoms with Gasteiger partial charge in [-0.1, -0.05) is 30.3 Å². The molecule has 2 atom stereocenters. The van der Waals surface area contributed by atoms with E-state index in [0.717, 1.165) is 5.56 Å². The van der Waals surface area contributed by atoms with Gasteiger partial charge in [0, 0.05) is 4.88 Å². The largest absolute Gasteiger partial charge is 0.387 e. The van der Waals surface area contributed by atoms with Gasteiger partial charge >= 0.3 is 0 Å². The zero-order valence-electron chi connectivity index (χ0n) is 11.7. The minimum absolute atomic E-state index is 0.0378. The molecule has 1 aliphatic heterocycles. The maximum absolute atomic E-state index is 12.2. The van der Waals surface area contributed by atoms with E-state index in [1.54, 1.807) is 28.0 Å². The van der Waals surface area contributed by atoms with Gasteiger partial charge in [0.2, 0.25) is 5.91 Å². The topological polar surface area (TPSA) is 40.5 Å². The summed E-state index contributed by atoms with van der Waals surface area (Å²) in [6, 6.07) is 11.6. The molecule has 1 fully saturated rings. The second-order valence-corrected chi connectivity index (χ2v) is 7.12. The Morgan fingerprint density at radius 1 is 1.33 bits per heavy atom. The first kappa shape index (κ1) is 14.6. The maximum Gasteiger partial charge on any atom is 0.233 e. The highest BCUT2D eigenvalue weighted by Gasteiger charge is 2.35. The number of thiophene rings is 1. The summed E-state index contributed by atoms with van der Waals surface area (Å²) in [6.07, 6.45) is -0.642. The molecule has 0 spiro atoms. The number of nitrogens with zero attached hydrogens (tertiary/aromatic N) is 1. The average molecular weight is 319 g/mol. The highest BCUT2D eigenvalue weighted by atomic mass is 32.2. The van der Waals surface area contributed by atoms with Crippen LogP contribution >= 0.6 is 23.1 Å². The first-order valence-corrected chi connectivity index (χ1v) is 8.77. The Hall–Kier alpha value is -1.30. The number of hydrogen-bond acceptors (Lipinski definition) is 4. The molecule has 0 saturated carbocycles. The van der Waals surface area contributed by atoms with Gasteiger partial charge in [-0.15, -0.1) is 23.1 Å². The molecule has 1 N–H and O–H groups in total. The van der Waals surface area contributed by atoms with Crippen LogP contribution in [-0.2, 0) is 4.79 Å². The maximum atomic E-state index is 12.2. The second-order valence-electron chi connectivity index (χ2n) is 5.10. The monoisotopic (exact) mass is 319 g/mol. The van der Waals surface area contributed by atoms with Crippen LogP contribution in [0.2, 0.25) is 0 Å². The number of rotatable bonds is 4. The number of aliphatic hydroxyl groups excluding tert-OH is 1. The van der Waals surface area contributed by atoms with Gasteiger partial charge in [-0.2, -0.15) is 0 Å². The standard InChI is InChI=1S/C16H17NO2S2/c1-11-7-8-20-15(11)16-17(14(19)10-21-16)9-13(18)12-5-3-2-4-6-12/h2-8,13,16,18H,9-10H2,1H3/t13-,16-/m1/s1. The van der Waals surface area contributed by atoms with Crippen molar-refractivity contribution in [3.05, 3.63) is 57.8 Å². The van der Waals surface area contributed by atoms with Crippen molar-refractivity contribution in [2.24, 2.45) is 0 Å². The molecule has 1 aromatic heterocycles. The lowest BCUT2D eigenvalue weighted by Gasteiger charge is -2.26. The lowest BCUT2D eigenvalue weighted by molar-refractivity contribution is -0.129. The summed E-state index contributed by atoms with van der Waals surface area (Å²) in [5.41, 5.74) is 2.07. The number of amides is 1. The Balaban J connectivity index is 1.79. The molecule has 0 radical (unpaired) electrons. The second kappa shape index (κ2) is 6.22. The van der Waals surface area contributed by atoms with E-state index in [-0.39, 0.29) is 11.3 Å². The summed E-state index contributed by atoms with van der Waals surface area (Å²) in [7, 11) is 0. The van der Waals surface area contributed by atoms with Crippen LogP contribution < -0.4 is 0 Å². The van der Waals surface area contributed by atoms with Gasteiger partial charge < -0.3 is 10.0 Å². The number of hydrogen-bond donors (Lipinski definition) is 1. The van der Waals surface area contributed by atoms with Gasteiger partial charge in [0.1, 0.15) is 5.37 Å². The number of benzene rings is 1. The molecule has 1 aromatic carbocycles. The highest BCUT2D eigenvalue weighted by Crippen LogP contribution is 2.42. The Labute approximate surface area is 132 Å². The highest BCUT2D eigenvalue weighted by molar-refractivity contribution is 8.00. The molecule has 5 heteroatoms. The van der Waals surface area contributed by atoms with E-state index < -0.39 is 6.10 Å². The SMILES string of the molecule is Cc1ccsc1[C@H]1SCC(=O)N1C[C@@H](O)c1ccccc1. The van der Waals surface area contributed by atoms with Crippen molar-refractivity contribution >= 4 is 29.0 Å². The molecule has 3 nitrogen and oxygen atoms in total. The average Bonchev–Trinajstić information content (AvgIpc) is 3.07. The van der Waals surface area contributed by atoms with Gasteiger partial charge in [-0.05, 0) is 29.5 Å². The van der Waals surface area contributed by atoms with Crippen LogP contribution in [-0.4, -0.2) is 28.2 Å². The van der Waals surface area contributed by atoms with E-state index in [1.165, 1.54) is 10.4 Å². The molecule has 2 aromatic rings. The summed E-state index contributed by atoms with van der Waals surface area (Å²) >= 11 is 3.32. The normalized spacial score (nSPS) is 20.0. The summed E-state index contributed by atoms with van der Waals surface area (Å²) in [4.78, 5) is 15.2. The van der Waals surface area contributed by atoms with E-state index in [4.69, 9.17) is 0 Å². The van der Waals surface area contributed by atoms with Gasteiger partial charge in [0.15, 0.2) is 0 Å². The number of thioether (sulfide) groups is 1. The minimum atomic E-state index is -0.642. The van der Waals surface area contributed by atoms with Gasteiger partial charge in [0.05, 0.1) is 18.4 Å². The van der Waals surface area contributed by atoms with Crippen LogP contribution in [0.15, 0.2) is 41.8 Å². The molecule has 110 valence electrons. The fourth-order valence-corrected chi connectivity index (χ4v) is 4.95. The van der Waals surface area contributed by atoms with Gasteiger partial charge in [-0.25, -0.2) is 0 Å². The number of β-amino-alcohol motifs (C(OH)–C–C–N with tert-alkyl or cyclic N) is 1. The fourth-order valence-electron chi connectivity index (χ4n) is 2.47. The number of aryl methyl sites for hydroxylation is 1. The van der Waals surface area contributed by atoms with E-state index >= 15 is 0 Å². The summed E-state index contributed by atoms with van der Waals surface area (Å²) in [6.45, 7) is 2.42. The smallest absolute Gasteiger partial charge is 0.233 e. The number of aliphatic hydroxyl groups is 1.